The van der Waals surface area contributed by atoms with Gasteiger partial charge in [-0.25, -0.2) is 4.79 Å². The second kappa shape index (κ2) is 8.21. The van der Waals surface area contributed by atoms with Gasteiger partial charge < -0.3 is 20.6 Å². The van der Waals surface area contributed by atoms with Crippen molar-refractivity contribution in [2.75, 3.05) is 13.1 Å². The van der Waals surface area contributed by atoms with Gasteiger partial charge in [-0.2, -0.15) is 0 Å². The van der Waals surface area contributed by atoms with Crippen molar-refractivity contribution in [1.29, 1.82) is 0 Å². The van der Waals surface area contributed by atoms with Crippen LogP contribution in [-0.2, 0) is 16.0 Å². The Morgan fingerprint density at radius 2 is 1.85 bits per heavy atom. The van der Waals surface area contributed by atoms with Crippen molar-refractivity contribution in [1.82, 2.24) is 15.5 Å². The number of carbonyl (C=O) groups excluding carboxylic acids is 2. The minimum absolute atomic E-state index is 0.0118. The van der Waals surface area contributed by atoms with Gasteiger partial charge in [0, 0.05) is 31.5 Å². The lowest BCUT2D eigenvalue weighted by molar-refractivity contribution is -0.137. The third kappa shape index (κ3) is 5.21. The first-order valence-corrected chi connectivity index (χ1v) is 9.13. The van der Waals surface area contributed by atoms with Crippen LogP contribution in [0.2, 0.25) is 0 Å². The summed E-state index contributed by atoms with van der Waals surface area (Å²) in [6, 6.07) is 9.29. The van der Waals surface area contributed by atoms with Crippen LogP contribution < -0.4 is 10.6 Å². The number of nitrogens with zero attached hydrogens (tertiary/aromatic N) is 1. The van der Waals surface area contributed by atoms with E-state index in [0.29, 0.717) is 25.9 Å². The van der Waals surface area contributed by atoms with Gasteiger partial charge in [-0.05, 0) is 31.2 Å². The number of carboxylic acid groups (broad SMARTS) is 1. The fraction of sp³-hybridized carbons (Fsp3) is 0.526. The van der Waals surface area contributed by atoms with Crippen molar-refractivity contribution < 1.29 is 19.5 Å². The van der Waals surface area contributed by atoms with Gasteiger partial charge in [-0.1, -0.05) is 30.3 Å². The van der Waals surface area contributed by atoms with Crippen LogP contribution in [0.3, 0.4) is 0 Å². The molecule has 1 aliphatic heterocycles. The Labute approximate surface area is 152 Å². The average molecular weight is 359 g/mol. The zero-order chi connectivity index (χ0) is 18.5. The fourth-order valence-electron chi connectivity index (χ4n) is 3.09. The number of rotatable bonds is 8. The van der Waals surface area contributed by atoms with Gasteiger partial charge in [-0.3, -0.25) is 9.59 Å². The van der Waals surface area contributed by atoms with Gasteiger partial charge in [-0.15, -0.1) is 0 Å². The summed E-state index contributed by atoms with van der Waals surface area (Å²) >= 11 is 0. The van der Waals surface area contributed by atoms with E-state index in [2.05, 4.69) is 10.6 Å². The topological polar surface area (TPSA) is 98.7 Å². The van der Waals surface area contributed by atoms with Crippen LogP contribution in [-0.4, -0.2) is 53.1 Å². The Kier molecular flexibility index (Phi) is 5.75. The van der Waals surface area contributed by atoms with Gasteiger partial charge in [0.05, 0.1) is 6.04 Å². The van der Waals surface area contributed by atoms with Gasteiger partial charge in [0.1, 0.15) is 0 Å². The lowest BCUT2D eigenvalue weighted by atomic mass is 10.0. The summed E-state index contributed by atoms with van der Waals surface area (Å²) in [5, 5.41) is 14.8. The molecule has 1 saturated heterocycles. The first-order valence-electron chi connectivity index (χ1n) is 9.13. The van der Waals surface area contributed by atoms with E-state index < -0.39 is 5.97 Å². The molecule has 1 saturated carbocycles. The van der Waals surface area contributed by atoms with Gasteiger partial charge >= 0.3 is 12.0 Å². The van der Waals surface area contributed by atoms with Crippen LogP contribution in [0.5, 0.6) is 0 Å². The minimum atomic E-state index is -0.871. The number of aliphatic carboxylic acids is 1. The van der Waals surface area contributed by atoms with Crippen molar-refractivity contribution in [3.63, 3.8) is 0 Å². The summed E-state index contributed by atoms with van der Waals surface area (Å²) in [6.45, 7) is 1.00. The Morgan fingerprint density at radius 1 is 1.15 bits per heavy atom. The Bertz CT molecular complexity index is 654. The molecule has 1 aliphatic carbocycles. The van der Waals surface area contributed by atoms with Crippen LogP contribution in [0.4, 0.5) is 4.79 Å². The van der Waals surface area contributed by atoms with E-state index in [1.165, 1.54) is 0 Å². The third-order valence-electron chi connectivity index (χ3n) is 4.82. The molecule has 0 spiro atoms. The average Bonchev–Trinajstić information content (AvgIpc) is 3.41. The monoisotopic (exact) mass is 359 g/mol. The molecule has 1 aromatic rings. The number of hydrogen-bond acceptors (Lipinski definition) is 3. The molecule has 1 atom stereocenters. The molecule has 0 radical (unpaired) electrons. The summed E-state index contributed by atoms with van der Waals surface area (Å²) in [6.07, 6.45) is 2.92. The highest BCUT2D eigenvalue weighted by Gasteiger charge is 2.36. The summed E-state index contributed by atoms with van der Waals surface area (Å²) in [5.74, 6) is -0.605. The van der Waals surface area contributed by atoms with E-state index in [0.717, 1.165) is 18.4 Å². The van der Waals surface area contributed by atoms with Crippen LogP contribution >= 0.6 is 0 Å². The van der Waals surface area contributed by atoms with E-state index in [1.807, 2.05) is 30.3 Å². The smallest absolute Gasteiger partial charge is 0.317 e. The number of nitrogens with one attached hydrogen (secondary N) is 2. The molecule has 3 rings (SSSR count). The highest BCUT2D eigenvalue weighted by atomic mass is 16.4. The number of amides is 3. The molecule has 140 valence electrons. The number of likely N-dealkylation sites (tertiary alicyclic amines) is 1. The molecule has 3 amide bonds. The van der Waals surface area contributed by atoms with Crippen LogP contribution in [0.1, 0.15) is 31.2 Å². The third-order valence-corrected chi connectivity index (χ3v) is 4.82. The van der Waals surface area contributed by atoms with Gasteiger partial charge in [0.2, 0.25) is 5.91 Å². The Morgan fingerprint density at radius 3 is 2.46 bits per heavy atom. The summed E-state index contributed by atoms with van der Waals surface area (Å²) < 4.78 is 0. The molecule has 7 heteroatoms. The summed E-state index contributed by atoms with van der Waals surface area (Å²) in [4.78, 5) is 36.7. The number of carboxylic acids is 1. The molecule has 2 fully saturated rings. The lowest BCUT2D eigenvalue weighted by Gasteiger charge is -2.40. The number of hydrogen-bond donors (Lipinski definition) is 3. The Balaban J connectivity index is 1.47. The van der Waals surface area contributed by atoms with E-state index in [9.17, 15) is 14.4 Å². The molecule has 0 aromatic heterocycles. The minimum Gasteiger partial charge on any atom is -0.481 e. The maximum Gasteiger partial charge on any atom is 0.317 e. The molecule has 7 nitrogen and oxygen atoms in total. The highest BCUT2D eigenvalue weighted by Crippen LogP contribution is 2.29. The first kappa shape index (κ1) is 18.2. The second-order valence-electron chi connectivity index (χ2n) is 7.15. The van der Waals surface area contributed by atoms with Crippen LogP contribution in [0, 0.1) is 5.92 Å². The standard InChI is InChI=1S/C19H25N3O4/c23-17(24)9-8-15(10-13-4-2-1-3-5-13)21-19(26)22-11-16(12-22)20-18(25)14-6-7-14/h1-5,14-16H,6-12H2,(H,20,25)(H,21,26)(H,23,24). The maximum atomic E-state index is 12.4. The van der Waals surface area contributed by atoms with Crippen molar-refractivity contribution >= 4 is 17.9 Å². The number of benzene rings is 1. The molecule has 0 bridgehead atoms. The molecule has 1 heterocycles. The molecule has 1 unspecified atom stereocenters. The first-order chi connectivity index (χ1) is 12.5. The molecular formula is C19H25N3O4. The lowest BCUT2D eigenvalue weighted by Crippen LogP contribution is -2.63. The molecular weight excluding hydrogens is 334 g/mol. The highest BCUT2D eigenvalue weighted by molar-refractivity contribution is 5.82. The predicted octanol–water partition coefficient (Wildman–Crippen LogP) is 1.38. The van der Waals surface area contributed by atoms with Crippen LogP contribution in [0.15, 0.2) is 30.3 Å². The summed E-state index contributed by atoms with van der Waals surface area (Å²) in [5.41, 5.74) is 1.06. The second-order valence-corrected chi connectivity index (χ2v) is 7.15. The number of carbonyl (C=O) groups is 3. The Hall–Kier alpha value is -2.57. The van der Waals surface area contributed by atoms with Crippen molar-refractivity contribution in [2.24, 2.45) is 5.92 Å². The SMILES string of the molecule is O=C(O)CCC(Cc1ccccc1)NC(=O)N1CC(NC(=O)C2CC2)C1. The van der Waals surface area contributed by atoms with Crippen LogP contribution in [0.25, 0.3) is 0 Å². The quantitative estimate of drug-likeness (QED) is 0.653. The molecule has 3 N–H and O–H groups in total. The van der Waals surface area contributed by atoms with Gasteiger partial charge in [0.15, 0.2) is 0 Å². The van der Waals surface area contributed by atoms with Crippen molar-refractivity contribution in [2.45, 2.75) is 44.2 Å². The van der Waals surface area contributed by atoms with Crippen molar-refractivity contribution in [3.8, 4) is 0 Å². The van der Waals surface area contributed by atoms with E-state index in [4.69, 9.17) is 5.11 Å². The maximum absolute atomic E-state index is 12.4. The van der Waals surface area contributed by atoms with Gasteiger partial charge in [0.25, 0.3) is 0 Å². The molecule has 26 heavy (non-hydrogen) atoms. The van der Waals surface area contributed by atoms with E-state index >= 15 is 0 Å². The molecule has 2 aliphatic rings. The largest absolute Gasteiger partial charge is 0.481 e. The zero-order valence-corrected chi connectivity index (χ0v) is 14.7. The fourth-order valence-corrected chi connectivity index (χ4v) is 3.09. The molecule has 1 aromatic carbocycles. The van der Waals surface area contributed by atoms with Crippen molar-refractivity contribution in [3.05, 3.63) is 35.9 Å². The van der Waals surface area contributed by atoms with E-state index in [1.54, 1.807) is 4.90 Å². The predicted molar refractivity (Wildman–Crippen MR) is 95.6 cm³/mol. The zero-order valence-electron chi connectivity index (χ0n) is 14.7. The van der Waals surface area contributed by atoms with E-state index in [-0.39, 0.29) is 36.4 Å². The number of urea groups is 1. The normalized spacial score (nSPS) is 17.9. The summed E-state index contributed by atoms with van der Waals surface area (Å²) in [7, 11) is 0.